The summed E-state index contributed by atoms with van der Waals surface area (Å²) in [4.78, 5) is 3.89. The van der Waals surface area contributed by atoms with Gasteiger partial charge in [0.15, 0.2) is 0 Å². The highest BCUT2D eigenvalue weighted by Crippen LogP contribution is 2.30. The van der Waals surface area contributed by atoms with Crippen molar-refractivity contribution >= 4 is 11.3 Å². The predicted octanol–water partition coefficient (Wildman–Crippen LogP) is 3.47. The summed E-state index contributed by atoms with van der Waals surface area (Å²) in [5.41, 5.74) is 0.838. The van der Waals surface area contributed by atoms with Crippen LogP contribution < -0.4 is 5.32 Å². The fraction of sp³-hybridized carbons (Fsp3) is 0.250. The van der Waals surface area contributed by atoms with Crippen molar-refractivity contribution in [3.8, 4) is 0 Å². The Hall–Kier alpha value is -1.40. The second-order valence-electron chi connectivity index (χ2n) is 3.75. The lowest BCUT2D eigenvalue weighted by Gasteiger charge is -2.15. The molecule has 0 aliphatic heterocycles. The van der Waals surface area contributed by atoms with Crippen LogP contribution in [-0.4, -0.2) is 12.0 Å². The van der Waals surface area contributed by atoms with Gasteiger partial charge < -0.3 is 5.32 Å². The molecule has 96 valence electrons. The van der Waals surface area contributed by atoms with E-state index >= 15 is 0 Å². The van der Waals surface area contributed by atoms with Gasteiger partial charge in [-0.25, -0.2) is 0 Å². The van der Waals surface area contributed by atoms with Crippen molar-refractivity contribution in [1.29, 1.82) is 0 Å². The van der Waals surface area contributed by atoms with Crippen LogP contribution in [0.5, 0.6) is 0 Å². The number of aromatic nitrogens is 1. The lowest BCUT2D eigenvalue weighted by molar-refractivity contribution is -0.137. The number of thiophene rings is 1. The summed E-state index contributed by atoms with van der Waals surface area (Å²) in [6.45, 7) is 0. The van der Waals surface area contributed by atoms with Crippen LogP contribution in [0.15, 0.2) is 35.2 Å². The molecular formula is C12H11F3N2S. The van der Waals surface area contributed by atoms with Gasteiger partial charge in [0.05, 0.1) is 17.3 Å². The van der Waals surface area contributed by atoms with Crippen molar-refractivity contribution in [2.75, 3.05) is 7.05 Å². The van der Waals surface area contributed by atoms with Crippen molar-refractivity contribution in [2.24, 2.45) is 0 Å². The van der Waals surface area contributed by atoms with E-state index in [1.54, 1.807) is 7.05 Å². The maximum Gasteiger partial charge on any atom is 0.417 e. The summed E-state index contributed by atoms with van der Waals surface area (Å²) in [7, 11) is 1.75. The molecule has 2 aromatic rings. The number of rotatable bonds is 3. The first-order chi connectivity index (χ1) is 8.52. The molecule has 2 rings (SSSR count). The summed E-state index contributed by atoms with van der Waals surface area (Å²) in [5, 5.41) is 6.91. The van der Waals surface area contributed by atoms with Crippen molar-refractivity contribution in [2.45, 2.75) is 12.2 Å². The number of halogens is 3. The summed E-state index contributed by atoms with van der Waals surface area (Å²) >= 11 is 1.54. The first-order valence-corrected chi connectivity index (χ1v) is 6.19. The zero-order valence-corrected chi connectivity index (χ0v) is 10.3. The predicted molar refractivity (Wildman–Crippen MR) is 64.5 cm³/mol. The van der Waals surface area contributed by atoms with E-state index in [0.717, 1.165) is 17.8 Å². The van der Waals surface area contributed by atoms with Crippen LogP contribution in [0.1, 0.15) is 22.9 Å². The van der Waals surface area contributed by atoms with Crippen LogP contribution in [0.3, 0.4) is 0 Å². The van der Waals surface area contributed by atoms with Gasteiger partial charge in [-0.05, 0) is 41.6 Å². The molecule has 0 aliphatic carbocycles. The standard InChI is InChI=1S/C12H11F3N2S/c1-16-11(8-4-5-18-7-8)10-3-2-9(6-17-10)12(13,14)15/h2-7,11,16H,1H3. The summed E-state index contributed by atoms with van der Waals surface area (Å²) in [6.07, 6.45) is -3.48. The number of hydrogen-bond donors (Lipinski definition) is 1. The summed E-state index contributed by atoms with van der Waals surface area (Å²) in [5.74, 6) is 0. The molecule has 0 saturated heterocycles. The zero-order chi connectivity index (χ0) is 13.2. The number of nitrogens with zero attached hydrogens (tertiary/aromatic N) is 1. The minimum Gasteiger partial charge on any atom is -0.308 e. The molecule has 0 bridgehead atoms. The average molecular weight is 272 g/mol. The van der Waals surface area contributed by atoms with E-state index in [0.29, 0.717) is 5.69 Å². The van der Waals surface area contributed by atoms with Gasteiger partial charge >= 0.3 is 6.18 Å². The normalized spacial score (nSPS) is 13.6. The van der Waals surface area contributed by atoms with E-state index in [1.807, 2.05) is 16.8 Å². The van der Waals surface area contributed by atoms with E-state index in [2.05, 4.69) is 10.3 Å². The Balaban J connectivity index is 2.28. The Kier molecular flexibility index (Phi) is 3.68. The first-order valence-electron chi connectivity index (χ1n) is 5.25. The monoisotopic (exact) mass is 272 g/mol. The Morgan fingerprint density at radius 2 is 2.06 bits per heavy atom. The van der Waals surface area contributed by atoms with Crippen LogP contribution in [0, 0.1) is 0 Å². The SMILES string of the molecule is CNC(c1ccsc1)c1ccc(C(F)(F)F)cn1. The maximum atomic E-state index is 12.4. The van der Waals surface area contributed by atoms with Crippen LogP contribution >= 0.6 is 11.3 Å². The number of hydrogen-bond acceptors (Lipinski definition) is 3. The molecule has 0 spiro atoms. The second kappa shape index (κ2) is 5.07. The second-order valence-corrected chi connectivity index (χ2v) is 4.53. The Morgan fingerprint density at radius 1 is 1.28 bits per heavy atom. The molecule has 0 amide bonds. The van der Waals surface area contributed by atoms with E-state index in [4.69, 9.17) is 0 Å². The largest absolute Gasteiger partial charge is 0.417 e. The Bertz CT molecular complexity index is 491. The number of pyridine rings is 1. The van der Waals surface area contributed by atoms with Crippen molar-refractivity contribution in [1.82, 2.24) is 10.3 Å². The molecule has 0 saturated carbocycles. The first kappa shape index (κ1) is 13.0. The highest BCUT2D eigenvalue weighted by molar-refractivity contribution is 7.08. The fourth-order valence-electron chi connectivity index (χ4n) is 1.67. The van der Waals surface area contributed by atoms with E-state index in [-0.39, 0.29) is 6.04 Å². The minimum absolute atomic E-state index is 0.182. The molecule has 1 N–H and O–H groups in total. The van der Waals surface area contributed by atoms with Crippen LogP contribution in [0.4, 0.5) is 13.2 Å². The summed E-state index contributed by atoms with van der Waals surface area (Å²) in [6, 6.07) is 4.20. The molecule has 2 aromatic heterocycles. The molecule has 6 heteroatoms. The van der Waals surface area contributed by atoms with Crippen molar-refractivity contribution < 1.29 is 13.2 Å². The van der Waals surface area contributed by atoms with Gasteiger partial charge in [-0.1, -0.05) is 0 Å². The van der Waals surface area contributed by atoms with Crippen LogP contribution in [0.25, 0.3) is 0 Å². The maximum absolute atomic E-state index is 12.4. The third-order valence-corrected chi connectivity index (χ3v) is 3.28. The van der Waals surface area contributed by atoms with Gasteiger partial charge in [-0.2, -0.15) is 24.5 Å². The third kappa shape index (κ3) is 2.70. The van der Waals surface area contributed by atoms with E-state index in [9.17, 15) is 13.2 Å². The molecule has 1 atom stereocenters. The molecule has 0 fully saturated rings. The molecule has 0 radical (unpaired) electrons. The van der Waals surface area contributed by atoms with Crippen molar-refractivity contribution in [3.05, 3.63) is 52.0 Å². The van der Waals surface area contributed by atoms with Gasteiger partial charge in [0, 0.05) is 6.20 Å². The lowest BCUT2D eigenvalue weighted by atomic mass is 10.1. The molecule has 0 aromatic carbocycles. The summed E-state index contributed by atoms with van der Waals surface area (Å²) < 4.78 is 37.3. The highest BCUT2D eigenvalue weighted by atomic mass is 32.1. The Labute approximate surface area is 106 Å². The minimum atomic E-state index is -4.34. The highest BCUT2D eigenvalue weighted by Gasteiger charge is 2.31. The Morgan fingerprint density at radius 3 is 2.50 bits per heavy atom. The molecule has 2 heterocycles. The topological polar surface area (TPSA) is 24.9 Å². The van der Waals surface area contributed by atoms with Gasteiger partial charge in [0.1, 0.15) is 0 Å². The lowest BCUT2D eigenvalue weighted by Crippen LogP contribution is -2.18. The van der Waals surface area contributed by atoms with Gasteiger partial charge in [-0.3, -0.25) is 4.98 Å². The van der Waals surface area contributed by atoms with E-state index < -0.39 is 11.7 Å². The molecule has 0 aliphatic rings. The molecule has 2 nitrogen and oxygen atoms in total. The smallest absolute Gasteiger partial charge is 0.308 e. The van der Waals surface area contributed by atoms with Gasteiger partial charge in [0.25, 0.3) is 0 Å². The third-order valence-electron chi connectivity index (χ3n) is 2.57. The van der Waals surface area contributed by atoms with Crippen molar-refractivity contribution in [3.63, 3.8) is 0 Å². The van der Waals surface area contributed by atoms with Crippen LogP contribution in [-0.2, 0) is 6.18 Å². The van der Waals surface area contributed by atoms with Crippen LogP contribution in [0.2, 0.25) is 0 Å². The molecular weight excluding hydrogens is 261 g/mol. The fourth-order valence-corrected chi connectivity index (χ4v) is 2.35. The number of alkyl halides is 3. The quantitative estimate of drug-likeness (QED) is 0.925. The zero-order valence-electron chi connectivity index (χ0n) is 9.53. The average Bonchev–Trinajstić information content (AvgIpc) is 2.83. The number of nitrogens with one attached hydrogen (secondary N) is 1. The molecule has 18 heavy (non-hydrogen) atoms. The van der Waals surface area contributed by atoms with Gasteiger partial charge in [0.2, 0.25) is 0 Å². The van der Waals surface area contributed by atoms with Gasteiger partial charge in [-0.15, -0.1) is 0 Å². The molecule has 1 unspecified atom stereocenters. The van der Waals surface area contributed by atoms with E-state index in [1.165, 1.54) is 17.4 Å².